The Bertz CT molecular complexity index is 697. The number of hydrogen-bond acceptors (Lipinski definition) is 2. The van der Waals surface area contributed by atoms with Crippen LogP contribution in [-0.4, -0.2) is 36.3 Å². The van der Waals surface area contributed by atoms with Crippen LogP contribution in [0.3, 0.4) is 0 Å². The molecule has 1 saturated heterocycles. The summed E-state index contributed by atoms with van der Waals surface area (Å²) >= 11 is 5.87. The second-order valence-electron chi connectivity index (χ2n) is 6.40. The summed E-state index contributed by atoms with van der Waals surface area (Å²) in [6, 6.07) is 2.91. The van der Waals surface area contributed by atoms with Gasteiger partial charge < -0.3 is 10.2 Å². The number of amides is 2. The van der Waals surface area contributed by atoms with Crippen LogP contribution in [0.2, 0.25) is 5.02 Å². The van der Waals surface area contributed by atoms with Gasteiger partial charge in [-0.2, -0.15) is 13.2 Å². The zero-order valence-electron chi connectivity index (χ0n) is 14.8. The molecule has 0 saturated carbocycles. The minimum Gasteiger partial charge on any atom is -0.352 e. The second kappa shape index (κ2) is 9.78. The van der Waals surface area contributed by atoms with Gasteiger partial charge in [-0.25, -0.2) is 0 Å². The Balaban J connectivity index is 1.84. The Kier molecular flexibility index (Phi) is 7.71. The molecule has 0 spiro atoms. The fraction of sp³-hybridized carbons (Fsp3) is 0.474. The Hall–Kier alpha value is -2.02. The molecule has 0 aromatic heterocycles. The molecule has 148 valence electrons. The van der Waals surface area contributed by atoms with Crippen LogP contribution in [0.15, 0.2) is 24.3 Å². The van der Waals surface area contributed by atoms with E-state index >= 15 is 0 Å². The quantitative estimate of drug-likeness (QED) is 0.747. The molecule has 0 aliphatic carbocycles. The standard InChI is InChI=1S/C19H22ClF3N2O2/c20-16-7-6-15(19(21,22)23)13-14(16)5-8-17(26)24-10-9-18(27)25-11-3-1-2-4-12-25/h5-8,13H,1-4,9-12H2,(H,24,26)/b8-5+. The van der Waals surface area contributed by atoms with Crippen molar-refractivity contribution in [1.82, 2.24) is 10.2 Å². The molecule has 27 heavy (non-hydrogen) atoms. The molecule has 2 amide bonds. The maximum Gasteiger partial charge on any atom is 0.416 e. The lowest BCUT2D eigenvalue weighted by atomic mass is 10.1. The number of rotatable bonds is 5. The summed E-state index contributed by atoms with van der Waals surface area (Å²) in [5.74, 6) is -0.491. The Morgan fingerprint density at radius 3 is 2.44 bits per heavy atom. The van der Waals surface area contributed by atoms with Crippen molar-refractivity contribution in [3.05, 3.63) is 40.4 Å². The van der Waals surface area contributed by atoms with Crippen LogP contribution < -0.4 is 5.32 Å². The van der Waals surface area contributed by atoms with Crippen molar-refractivity contribution in [2.75, 3.05) is 19.6 Å². The fourth-order valence-corrected chi connectivity index (χ4v) is 3.02. The summed E-state index contributed by atoms with van der Waals surface area (Å²) in [7, 11) is 0. The van der Waals surface area contributed by atoms with Gasteiger partial charge in [0.15, 0.2) is 0 Å². The summed E-state index contributed by atoms with van der Waals surface area (Å²) in [4.78, 5) is 25.8. The van der Waals surface area contributed by atoms with E-state index in [1.807, 2.05) is 4.90 Å². The molecular weight excluding hydrogens is 381 g/mol. The van der Waals surface area contributed by atoms with Crippen molar-refractivity contribution in [2.24, 2.45) is 0 Å². The van der Waals surface area contributed by atoms with Crippen molar-refractivity contribution in [3.63, 3.8) is 0 Å². The van der Waals surface area contributed by atoms with Gasteiger partial charge in [0, 0.05) is 37.2 Å². The van der Waals surface area contributed by atoms with Crippen LogP contribution in [0.1, 0.15) is 43.2 Å². The van der Waals surface area contributed by atoms with E-state index in [9.17, 15) is 22.8 Å². The number of benzene rings is 1. The topological polar surface area (TPSA) is 49.4 Å². The van der Waals surface area contributed by atoms with Crippen molar-refractivity contribution in [1.29, 1.82) is 0 Å². The lowest BCUT2D eigenvalue weighted by molar-refractivity contribution is -0.137. The minimum atomic E-state index is -4.48. The average molecular weight is 403 g/mol. The van der Waals surface area contributed by atoms with Crippen molar-refractivity contribution >= 4 is 29.5 Å². The molecule has 0 radical (unpaired) electrons. The van der Waals surface area contributed by atoms with Crippen LogP contribution in [0.25, 0.3) is 6.08 Å². The third kappa shape index (κ3) is 6.90. The van der Waals surface area contributed by atoms with E-state index in [1.165, 1.54) is 6.08 Å². The summed E-state index contributed by atoms with van der Waals surface area (Å²) in [6.45, 7) is 1.68. The number of alkyl halides is 3. The maximum absolute atomic E-state index is 12.7. The highest BCUT2D eigenvalue weighted by atomic mass is 35.5. The molecule has 1 N–H and O–H groups in total. The average Bonchev–Trinajstić information content (AvgIpc) is 2.89. The summed E-state index contributed by atoms with van der Waals surface area (Å²) in [5.41, 5.74) is -0.739. The first-order valence-corrected chi connectivity index (χ1v) is 9.25. The number of hydrogen-bond donors (Lipinski definition) is 1. The van der Waals surface area contributed by atoms with Gasteiger partial charge in [0.05, 0.1) is 5.56 Å². The first-order valence-electron chi connectivity index (χ1n) is 8.88. The molecule has 1 fully saturated rings. The molecule has 0 unspecified atom stereocenters. The predicted molar refractivity (Wildman–Crippen MR) is 98.2 cm³/mol. The Labute approximate surface area is 161 Å². The van der Waals surface area contributed by atoms with Crippen molar-refractivity contribution in [3.8, 4) is 0 Å². The summed E-state index contributed by atoms with van der Waals surface area (Å²) in [6.07, 6.45) is 2.30. The molecule has 1 aliphatic rings. The van der Waals surface area contributed by atoms with Crippen LogP contribution in [0.5, 0.6) is 0 Å². The molecule has 1 heterocycles. The smallest absolute Gasteiger partial charge is 0.352 e. The van der Waals surface area contributed by atoms with Crippen LogP contribution in [-0.2, 0) is 15.8 Å². The third-order valence-electron chi connectivity index (χ3n) is 4.33. The highest BCUT2D eigenvalue weighted by Gasteiger charge is 2.30. The molecule has 0 atom stereocenters. The third-order valence-corrected chi connectivity index (χ3v) is 4.68. The van der Waals surface area contributed by atoms with Crippen LogP contribution >= 0.6 is 11.6 Å². The molecule has 8 heteroatoms. The molecule has 0 bridgehead atoms. The fourth-order valence-electron chi connectivity index (χ4n) is 2.84. The van der Waals surface area contributed by atoms with E-state index in [0.717, 1.165) is 63.0 Å². The monoisotopic (exact) mass is 402 g/mol. The van der Waals surface area contributed by atoms with E-state index in [-0.39, 0.29) is 29.5 Å². The highest BCUT2D eigenvalue weighted by Crippen LogP contribution is 2.32. The van der Waals surface area contributed by atoms with Gasteiger partial charge in [0.1, 0.15) is 0 Å². The molecular formula is C19H22ClF3N2O2. The van der Waals surface area contributed by atoms with Crippen molar-refractivity contribution in [2.45, 2.75) is 38.3 Å². The van der Waals surface area contributed by atoms with Crippen LogP contribution in [0, 0.1) is 0 Å². The van der Waals surface area contributed by atoms with Gasteiger partial charge in [0.25, 0.3) is 0 Å². The predicted octanol–water partition coefficient (Wildman–Crippen LogP) is 4.28. The molecule has 1 aliphatic heterocycles. The Morgan fingerprint density at radius 1 is 1.15 bits per heavy atom. The number of carbonyl (C=O) groups excluding carboxylic acids is 2. The lowest BCUT2D eigenvalue weighted by Crippen LogP contribution is -2.34. The largest absolute Gasteiger partial charge is 0.416 e. The van der Waals surface area contributed by atoms with E-state index in [2.05, 4.69) is 5.32 Å². The number of nitrogens with one attached hydrogen (secondary N) is 1. The van der Waals surface area contributed by atoms with Gasteiger partial charge in [-0.3, -0.25) is 9.59 Å². The Morgan fingerprint density at radius 2 is 1.81 bits per heavy atom. The molecule has 2 rings (SSSR count). The zero-order valence-corrected chi connectivity index (χ0v) is 15.6. The van der Waals surface area contributed by atoms with E-state index in [4.69, 9.17) is 11.6 Å². The number of carbonyl (C=O) groups is 2. The molecule has 4 nitrogen and oxygen atoms in total. The number of likely N-dealkylation sites (tertiary alicyclic amines) is 1. The van der Waals surface area contributed by atoms with Crippen molar-refractivity contribution < 1.29 is 22.8 Å². The van der Waals surface area contributed by atoms with Gasteiger partial charge in [0.2, 0.25) is 11.8 Å². The summed E-state index contributed by atoms with van der Waals surface area (Å²) < 4.78 is 38.2. The van der Waals surface area contributed by atoms with E-state index in [1.54, 1.807) is 0 Å². The van der Waals surface area contributed by atoms with Gasteiger partial charge in [-0.1, -0.05) is 24.4 Å². The molecule has 1 aromatic carbocycles. The number of halogens is 4. The first kappa shape index (κ1) is 21.3. The van der Waals surface area contributed by atoms with E-state index in [0.29, 0.717) is 0 Å². The minimum absolute atomic E-state index is 0.00195. The normalized spacial score (nSPS) is 15.6. The van der Waals surface area contributed by atoms with Gasteiger partial charge in [-0.15, -0.1) is 0 Å². The molecule has 1 aromatic rings. The summed E-state index contributed by atoms with van der Waals surface area (Å²) in [5, 5.41) is 2.68. The van der Waals surface area contributed by atoms with Gasteiger partial charge in [-0.05, 0) is 42.7 Å². The first-order chi connectivity index (χ1) is 12.8. The van der Waals surface area contributed by atoms with Crippen LogP contribution in [0.4, 0.5) is 13.2 Å². The maximum atomic E-state index is 12.7. The second-order valence-corrected chi connectivity index (χ2v) is 6.81. The highest BCUT2D eigenvalue weighted by molar-refractivity contribution is 6.32. The van der Waals surface area contributed by atoms with E-state index < -0.39 is 17.6 Å². The zero-order chi connectivity index (χ0) is 19.9. The lowest BCUT2D eigenvalue weighted by Gasteiger charge is -2.20. The van der Waals surface area contributed by atoms with Gasteiger partial charge >= 0.3 is 6.18 Å². The number of nitrogens with zero attached hydrogens (tertiary/aromatic N) is 1. The SMILES string of the molecule is O=C(/C=C/c1cc(C(F)(F)F)ccc1Cl)NCCC(=O)N1CCCCCC1.